The molecule has 0 bridgehead atoms. The van der Waals surface area contributed by atoms with Gasteiger partial charge < -0.3 is 20.1 Å². The molecule has 2 aliphatic rings. The number of piperidine rings is 1. The lowest BCUT2D eigenvalue weighted by Crippen LogP contribution is -2.43. The summed E-state index contributed by atoms with van der Waals surface area (Å²) in [6, 6.07) is 5.41. The van der Waals surface area contributed by atoms with Gasteiger partial charge in [-0.15, -0.1) is 0 Å². The molecule has 0 radical (unpaired) electrons. The predicted molar refractivity (Wildman–Crippen MR) is 71.7 cm³/mol. The first-order valence-corrected chi connectivity index (χ1v) is 6.77. The molecule has 0 unspecified atom stereocenters. The van der Waals surface area contributed by atoms with Gasteiger partial charge in [0.15, 0.2) is 11.5 Å². The van der Waals surface area contributed by atoms with Crippen molar-refractivity contribution in [1.29, 1.82) is 0 Å². The molecule has 1 fully saturated rings. The van der Waals surface area contributed by atoms with E-state index in [-0.39, 0.29) is 11.9 Å². The van der Waals surface area contributed by atoms with E-state index in [1.54, 1.807) is 0 Å². The minimum absolute atomic E-state index is 0.0244. The lowest BCUT2D eigenvalue weighted by atomic mass is 10.0. The molecule has 0 spiro atoms. The quantitative estimate of drug-likeness (QED) is 0.848. The Morgan fingerprint density at radius 3 is 2.84 bits per heavy atom. The van der Waals surface area contributed by atoms with E-state index in [1.807, 2.05) is 18.2 Å². The Labute approximate surface area is 112 Å². The average molecular weight is 262 g/mol. The van der Waals surface area contributed by atoms with Crippen molar-refractivity contribution in [1.82, 2.24) is 5.32 Å². The van der Waals surface area contributed by atoms with E-state index in [2.05, 4.69) is 10.6 Å². The van der Waals surface area contributed by atoms with Crippen molar-refractivity contribution < 1.29 is 14.3 Å². The summed E-state index contributed by atoms with van der Waals surface area (Å²) in [4.78, 5) is 12.1. The zero-order chi connectivity index (χ0) is 13.1. The Bertz CT molecular complexity index is 470. The topological polar surface area (TPSA) is 59.6 Å². The number of amides is 1. The number of hydrogen-bond donors (Lipinski definition) is 2. The van der Waals surface area contributed by atoms with Gasteiger partial charge in [-0.3, -0.25) is 4.79 Å². The molecule has 19 heavy (non-hydrogen) atoms. The van der Waals surface area contributed by atoms with Gasteiger partial charge in [-0.05, 0) is 31.5 Å². The number of fused-ring (bicyclic) bond motifs is 1. The molecule has 1 saturated heterocycles. The lowest BCUT2D eigenvalue weighted by Gasteiger charge is -2.23. The van der Waals surface area contributed by atoms with Crippen molar-refractivity contribution in [2.75, 3.05) is 25.1 Å². The van der Waals surface area contributed by atoms with E-state index in [0.717, 1.165) is 37.2 Å². The first-order valence-electron chi connectivity index (χ1n) is 6.77. The zero-order valence-electron chi connectivity index (χ0n) is 10.8. The van der Waals surface area contributed by atoms with Crippen molar-refractivity contribution in [2.45, 2.75) is 25.3 Å². The molecule has 0 aromatic heterocycles. The summed E-state index contributed by atoms with van der Waals surface area (Å²) in [5, 5.41) is 6.16. The van der Waals surface area contributed by atoms with Crippen LogP contribution in [0.15, 0.2) is 18.2 Å². The first-order chi connectivity index (χ1) is 9.33. The number of benzene rings is 1. The number of anilines is 1. The summed E-state index contributed by atoms with van der Waals surface area (Å²) in [6.45, 7) is 2.04. The molecule has 3 rings (SSSR count). The van der Waals surface area contributed by atoms with Crippen LogP contribution in [0, 0.1) is 0 Å². The van der Waals surface area contributed by atoms with Gasteiger partial charge in [0, 0.05) is 11.8 Å². The number of ether oxygens (including phenoxy) is 2. The molecule has 1 atom stereocenters. The molecule has 1 amide bonds. The highest BCUT2D eigenvalue weighted by Crippen LogP contribution is 2.32. The number of rotatable bonds is 2. The fraction of sp³-hybridized carbons (Fsp3) is 0.500. The standard InChI is InChI=1S/C14H18N2O3/c17-14(11-3-1-2-6-15-11)16-10-4-5-12-13(9-10)19-8-7-18-12/h4-5,9,11,15H,1-3,6-8H2,(H,16,17)/t11-/m0/s1. The summed E-state index contributed by atoms with van der Waals surface area (Å²) < 4.78 is 10.9. The van der Waals surface area contributed by atoms with Crippen LogP contribution in [0.1, 0.15) is 19.3 Å². The number of hydrogen-bond acceptors (Lipinski definition) is 4. The van der Waals surface area contributed by atoms with Crippen LogP contribution < -0.4 is 20.1 Å². The Hall–Kier alpha value is -1.75. The van der Waals surface area contributed by atoms with Gasteiger partial charge >= 0.3 is 0 Å². The van der Waals surface area contributed by atoms with Crippen molar-refractivity contribution in [3.8, 4) is 11.5 Å². The number of carbonyl (C=O) groups is 1. The molecular weight excluding hydrogens is 244 g/mol. The van der Waals surface area contributed by atoms with Gasteiger partial charge in [-0.25, -0.2) is 0 Å². The number of carbonyl (C=O) groups excluding carboxylic acids is 1. The van der Waals surface area contributed by atoms with E-state index >= 15 is 0 Å². The minimum atomic E-state index is -0.0815. The summed E-state index contributed by atoms with van der Waals surface area (Å²) in [7, 11) is 0. The lowest BCUT2D eigenvalue weighted by molar-refractivity contribution is -0.118. The van der Waals surface area contributed by atoms with Crippen LogP contribution in [0.4, 0.5) is 5.69 Å². The molecule has 5 nitrogen and oxygen atoms in total. The molecule has 1 aromatic rings. The summed E-state index contributed by atoms with van der Waals surface area (Å²) in [5.41, 5.74) is 0.752. The maximum absolute atomic E-state index is 12.1. The van der Waals surface area contributed by atoms with Crippen molar-refractivity contribution in [3.05, 3.63) is 18.2 Å². The largest absolute Gasteiger partial charge is 0.486 e. The molecular formula is C14H18N2O3. The van der Waals surface area contributed by atoms with E-state index in [4.69, 9.17) is 9.47 Å². The van der Waals surface area contributed by atoms with Gasteiger partial charge in [0.2, 0.25) is 5.91 Å². The second kappa shape index (κ2) is 5.48. The van der Waals surface area contributed by atoms with Crippen LogP contribution in [0.5, 0.6) is 11.5 Å². The SMILES string of the molecule is O=C(Nc1ccc2c(c1)OCCO2)[C@@H]1CCCCN1. The van der Waals surface area contributed by atoms with Crippen molar-refractivity contribution >= 4 is 11.6 Å². The Balaban J connectivity index is 1.67. The third kappa shape index (κ3) is 2.81. The maximum Gasteiger partial charge on any atom is 0.241 e. The van der Waals surface area contributed by atoms with Crippen molar-refractivity contribution in [3.63, 3.8) is 0 Å². The fourth-order valence-electron chi connectivity index (χ4n) is 2.43. The number of nitrogens with one attached hydrogen (secondary N) is 2. The van der Waals surface area contributed by atoms with Crippen molar-refractivity contribution in [2.24, 2.45) is 0 Å². The first kappa shape index (κ1) is 12.3. The van der Waals surface area contributed by atoms with E-state index < -0.39 is 0 Å². The normalized spacial score (nSPS) is 21.8. The zero-order valence-corrected chi connectivity index (χ0v) is 10.8. The molecule has 2 heterocycles. The summed E-state index contributed by atoms with van der Waals surface area (Å²) in [5.74, 6) is 1.46. The molecule has 1 aromatic carbocycles. The van der Waals surface area contributed by atoms with Crippen LogP contribution in [-0.2, 0) is 4.79 Å². The third-order valence-corrected chi connectivity index (χ3v) is 3.44. The Morgan fingerprint density at radius 2 is 2.05 bits per heavy atom. The van der Waals surface area contributed by atoms with Gasteiger partial charge in [-0.2, -0.15) is 0 Å². The third-order valence-electron chi connectivity index (χ3n) is 3.44. The second-order valence-electron chi connectivity index (χ2n) is 4.85. The highest BCUT2D eigenvalue weighted by atomic mass is 16.6. The Morgan fingerprint density at radius 1 is 1.21 bits per heavy atom. The van der Waals surface area contributed by atoms with Gasteiger partial charge in [0.25, 0.3) is 0 Å². The molecule has 0 saturated carbocycles. The maximum atomic E-state index is 12.1. The summed E-state index contributed by atoms with van der Waals surface area (Å²) >= 11 is 0. The monoisotopic (exact) mass is 262 g/mol. The van der Waals surface area contributed by atoms with Crippen LogP contribution in [0.2, 0.25) is 0 Å². The highest BCUT2D eigenvalue weighted by molar-refractivity contribution is 5.95. The Kier molecular flexibility index (Phi) is 3.55. The van der Waals surface area contributed by atoms with Gasteiger partial charge in [0.1, 0.15) is 13.2 Å². The van der Waals surface area contributed by atoms with Gasteiger partial charge in [-0.1, -0.05) is 6.42 Å². The van der Waals surface area contributed by atoms with E-state index in [0.29, 0.717) is 19.0 Å². The van der Waals surface area contributed by atoms with E-state index in [1.165, 1.54) is 0 Å². The smallest absolute Gasteiger partial charge is 0.241 e. The van der Waals surface area contributed by atoms with E-state index in [9.17, 15) is 4.79 Å². The molecule has 5 heteroatoms. The average Bonchev–Trinajstić information content (AvgIpc) is 2.48. The summed E-state index contributed by atoms with van der Waals surface area (Å²) in [6.07, 6.45) is 3.15. The fourth-order valence-corrected chi connectivity index (χ4v) is 2.43. The van der Waals surface area contributed by atoms with Gasteiger partial charge in [0.05, 0.1) is 6.04 Å². The predicted octanol–water partition coefficient (Wildman–Crippen LogP) is 1.54. The van der Waals surface area contributed by atoms with Crippen LogP contribution in [0.25, 0.3) is 0 Å². The highest BCUT2D eigenvalue weighted by Gasteiger charge is 2.21. The molecule has 2 N–H and O–H groups in total. The second-order valence-corrected chi connectivity index (χ2v) is 4.85. The van der Waals surface area contributed by atoms with Crippen LogP contribution in [0.3, 0.4) is 0 Å². The molecule has 102 valence electrons. The van der Waals surface area contributed by atoms with Crippen LogP contribution >= 0.6 is 0 Å². The molecule has 0 aliphatic carbocycles. The molecule has 2 aliphatic heterocycles. The van der Waals surface area contributed by atoms with Crippen LogP contribution in [-0.4, -0.2) is 31.7 Å². The minimum Gasteiger partial charge on any atom is -0.486 e.